The molecule has 5 aromatic carbocycles. The molecule has 0 bridgehead atoms. The van der Waals surface area contributed by atoms with E-state index in [0.29, 0.717) is 34.9 Å². The Morgan fingerprint density at radius 1 is 0.968 bits per heavy atom. The molecule has 1 saturated heterocycles. The smallest absolute Gasteiger partial charge is 0.264 e. The first-order chi connectivity index (χ1) is 29.9. The first-order valence-corrected chi connectivity index (χ1v) is 24.7. The van der Waals surface area contributed by atoms with Gasteiger partial charge >= 0.3 is 0 Å². The Kier molecular flexibility index (Phi) is 11.1. The van der Waals surface area contributed by atoms with Gasteiger partial charge in [-0.05, 0) is 82.7 Å². The fraction of sp³-hybridized carbons (Fsp3) is 0.300. The van der Waals surface area contributed by atoms with Crippen molar-refractivity contribution >= 4 is 64.9 Å². The molecule has 318 valence electrons. The third-order valence-corrected chi connectivity index (χ3v) is 18.3. The second-order valence-electron chi connectivity index (χ2n) is 17.5. The number of aliphatic hydroxyl groups is 1. The van der Waals surface area contributed by atoms with Gasteiger partial charge in [-0.3, -0.25) is 14.4 Å². The summed E-state index contributed by atoms with van der Waals surface area (Å²) in [5.74, 6) is -0.0243. The van der Waals surface area contributed by atoms with Crippen LogP contribution in [-0.2, 0) is 50.7 Å². The summed E-state index contributed by atoms with van der Waals surface area (Å²) in [7, 11) is -0.910. The highest BCUT2D eigenvalue weighted by Crippen LogP contribution is 2.60. The van der Waals surface area contributed by atoms with Crippen LogP contribution in [0.2, 0.25) is 23.7 Å². The minimum atomic E-state index is -2.56. The molecule has 4 heterocycles. The number of aromatic nitrogens is 1. The number of aliphatic hydroxyl groups excluding tert-OH is 1. The molecular weight excluding hydrogens is 816 g/mol. The number of H-pyrrole nitrogens is 1. The minimum absolute atomic E-state index is 0.0542. The maximum Gasteiger partial charge on any atom is 0.264 e. The first kappa shape index (κ1) is 41.6. The van der Waals surface area contributed by atoms with E-state index in [-0.39, 0.29) is 61.2 Å². The number of hydrogen-bond acceptors (Lipinski definition) is 6. The van der Waals surface area contributed by atoms with Gasteiger partial charge in [-0.25, -0.2) is 0 Å². The molecule has 5 atom stereocenters. The number of anilines is 2. The number of nitrogens with zero attached hydrogens (tertiary/aromatic N) is 2. The molecule has 3 N–H and O–H groups in total. The van der Waals surface area contributed by atoms with E-state index >= 15 is 4.79 Å². The second kappa shape index (κ2) is 16.5. The summed E-state index contributed by atoms with van der Waals surface area (Å²) >= 11 is 6.76. The number of nitrogens with one attached hydrogen (secondary N) is 2. The summed E-state index contributed by atoms with van der Waals surface area (Å²) in [5, 5.41) is 16.2. The van der Waals surface area contributed by atoms with Crippen LogP contribution in [0.15, 0.2) is 121 Å². The number of para-hydroxylation sites is 1. The van der Waals surface area contributed by atoms with Crippen LogP contribution in [0.1, 0.15) is 41.2 Å². The number of fused-ring (bicyclic) bond motifs is 4. The molecule has 3 aliphatic rings. The number of methoxy groups -OCH3 is 1. The lowest BCUT2D eigenvalue weighted by atomic mass is 9.82. The second-order valence-corrected chi connectivity index (χ2v) is 22.6. The van der Waals surface area contributed by atoms with Crippen molar-refractivity contribution in [2.45, 2.75) is 75.7 Å². The van der Waals surface area contributed by atoms with Crippen LogP contribution >= 0.6 is 11.6 Å². The zero-order valence-electron chi connectivity index (χ0n) is 35.4. The van der Waals surface area contributed by atoms with Gasteiger partial charge in [-0.1, -0.05) is 104 Å². The molecule has 10 nitrogen and oxygen atoms in total. The van der Waals surface area contributed by atoms with E-state index in [2.05, 4.69) is 48.5 Å². The molecule has 3 amide bonds. The van der Waals surface area contributed by atoms with Crippen LogP contribution in [0.5, 0.6) is 5.75 Å². The molecule has 1 fully saturated rings. The van der Waals surface area contributed by atoms with Crippen molar-refractivity contribution in [3.63, 3.8) is 0 Å². The van der Waals surface area contributed by atoms with Crippen molar-refractivity contribution < 1.29 is 29.0 Å². The summed E-state index contributed by atoms with van der Waals surface area (Å²) < 4.78 is 12.8. The maximum atomic E-state index is 15.4. The van der Waals surface area contributed by atoms with Gasteiger partial charge in [-0.2, -0.15) is 0 Å². The van der Waals surface area contributed by atoms with E-state index in [1.54, 1.807) is 23.0 Å². The van der Waals surface area contributed by atoms with Crippen LogP contribution in [0, 0.1) is 5.92 Å². The quantitative estimate of drug-likeness (QED) is 0.113. The van der Waals surface area contributed by atoms with Gasteiger partial charge in [0.25, 0.3) is 5.91 Å². The Labute approximate surface area is 367 Å². The zero-order valence-corrected chi connectivity index (χ0v) is 37.1. The SMILES string of the molecule is COc1ccc([Si](C)(C)[C@@H]2[C@@H](CC(=O)N3Cc4ccccc4C[C@H]3CO)O[C@]3(C(=O)N(Cc4ccc(NC(=O)Cc5c[nH]c6ccccc56)cc4)c4ccc(Cl)cc43)[C@H]2C)cc1. The lowest BCUT2D eigenvalue weighted by Gasteiger charge is -2.39. The van der Waals surface area contributed by atoms with Gasteiger partial charge in [-0.15, -0.1) is 0 Å². The molecule has 0 radical (unpaired) electrons. The fourth-order valence-electron chi connectivity index (χ4n) is 10.5. The fourth-order valence-corrected chi connectivity index (χ4v) is 14.7. The molecule has 9 rings (SSSR count). The lowest BCUT2D eigenvalue weighted by molar-refractivity contribution is -0.151. The molecule has 6 aromatic rings. The molecule has 0 unspecified atom stereocenters. The van der Waals surface area contributed by atoms with Gasteiger partial charge in [0.15, 0.2) is 5.60 Å². The first-order valence-electron chi connectivity index (χ1n) is 21.3. The Morgan fingerprint density at radius 3 is 2.44 bits per heavy atom. The molecule has 3 aliphatic heterocycles. The Bertz CT molecular complexity index is 2670. The monoisotopic (exact) mass is 866 g/mol. The van der Waals surface area contributed by atoms with Crippen molar-refractivity contribution in [1.82, 2.24) is 9.88 Å². The number of benzene rings is 5. The Morgan fingerprint density at radius 2 is 1.69 bits per heavy atom. The minimum Gasteiger partial charge on any atom is -0.497 e. The highest BCUT2D eigenvalue weighted by molar-refractivity contribution is 6.91. The van der Waals surface area contributed by atoms with E-state index in [1.807, 2.05) is 97.2 Å². The highest BCUT2D eigenvalue weighted by Gasteiger charge is 2.66. The van der Waals surface area contributed by atoms with E-state index < -0.39 is 19.8 Å². The number of rotatable bonds is 11. The topological polar surface area (TPSA) is 124 Å². The standard InChI is InChI=1S/C50H51ClN4O6Si/c1-31-48(62(3,4)40-20-18-39(60-2)19-21-40)45(26-47(58)54-29-34-10-6-5-9-33(34)23-38(54)30-56)61-50(31)42-25-36(51)15-22-44(42)55(49(50)59)28-32-13-16-37(17-14-32)53-46(57)24-35-27-52-43-12-8-7-11-41(35)43/h5-22,25,27,31,38,45,48,52,56H,23-24,26,28-30H2,1-4H3,(H,53,57)/t31-,38-,45+,48-,50+/m0/s1. The van der Waals surface area contributed by atoms with Crippen LogP contribution in [0.4, 0.5) is 11.4 Å². The highest BCUT2D eigenvalue weighted by atomic mass is 35.5. The summed E-state index contributed by atoms with van der Waals surface area (Å²) in [6, 6.07) is 36.8. The summed E-state index contributed by atoms with van der Waals surface area (Å²) in [6.45, 7) is 7.18. The van der Waals surface area contributed by atoms with Gasteiger partial charge < -0.3 is 34.7 Å². The molecule has 0 saturated carbocycles. The zero-order chi connectivity index (χ0) is 43.3. The van der Waals surface area contributed by atoms with Crippen LogP contribution in [0.3, 0.4) is 0 Å². The molecule has 62 heavy (non-hydrogen) atoms. The van der Waals surface area contributed by atoms with Crippen molar-refractivity contribution in [2.75, 3.05) is 23.9 Å². The number of aromatic amines is 1. The number of carbonyl (C=O) groups excluding carboxylic acids is 3. The van der Waals surface area contributed by atoms with Gasteiger partial charge in [0.2, 0.25) is 11.8 Å². The average molecular weight is 868 g/mol. The third kappa shape index (κ3) is 7.30. The van der Waals surface area contributed by atoms with E-state index in [0.717, 1.165) is 44.1 Å². The average Bonchev–Trinajstić information content (AvgIpc) is 3.89. The van der Waals surface area contributed by atoms with Crippen molar-refractivity contribution in [1.29, 1.82) is 0 Å². The van der Waals surface area contributed by atoms with Crippen LogP contribution in [0.25, 0.3) is 10.9 Å². The Hall–Kier alpha value is -5.72. The predicted octanol–water partition coefficient (Wildman–Crippen LogP) is 8.11. The molecule has 1 spiro atoms. The normalized spacial score (nSPS) is 21.9. The van der Waals surface area contributed by atoms with E-state index in [9.17, 15) is 14.7 Å². The predicted molar refractivity (Wildman–Crippen MR) is 245 cm³/mol. The number of ether oxygens (including phenoxy) is 2. The molecule has 0 aliphatic carbocycles. The number of carbonyl (C=O) groups is 3. The number of amides is 3. The van der Waals surface area contributed by atoms with Gasteiger partial charge in [0.05, 0.1) is 59.0 Å². The summed E-state index contributed by atoms with van der Waals surface area (Å²) in [6.07, 6.45) is 2.11. The Balaban J connectivity index is 1.01. The van der Waals surface area contributed by atoms with Crippen molar-refractivity contribution in [3.05, 3.63) is 154 Å². The molecule has 12 heteroatoms. The van der Waals surface area contributed by atoms with E-state index in [4.69, 9.17) is 21.1 Å². The van der Waals surface area contributed by atoms with E-state index in [1.165, 1.54) is 0 Å². The van der Waals surface area contributed by atoms with Crippen molar-refractivity contribution in [2.24, 2.45) is 5.92 Å². The van der Waals surface area contributed by atoms with Gasteiger partial charge in [0, 0.05) is 45.8 Å². The van der Waals surface area contributed by atoms with Crippen LogP contribution < -0.4 is 20.1 Å². The summed E-state index contributed by atoms with van der Waals surface area (Å²) in [5.41, 5.74) is 5.47. The largest absolute Gasteiger partial charge is 0.497 e. The van der Waals surface area contributed by atoms with Crippen LogP contribution in [-0.4, -0.2) is 66.6 Å². The number of hydrogen-bond donors (Lipinski definition) is 3. The van der Waals surface area contributed by atoms with Gasteiger partial charge in [0.1, 0.15) is 5.75 Å². The molecule has 1 aromatic heterocycles. The van der Waals surface area contributed by atoms with Crippen molar-refractivity contribution in [3.8, 4) is 5.75 Å². The lowest BCUT2D eigenvalue weighted by Crippen LogP contribution is -2.52. The summed E-state index contributed by atoms with van der Waals surface area (Å²) in [4.78, 5) is 49.9. The third-order valence-electron chi connectivity index (χ3n) is 13.7. The maximum absolute atomic E-state index is 15.4. The molecular formula is C50H51ClN4O6Si. The number of halogens is 1.